The number of amides is 2. The second-order valence-electron chi connectivity index (χ2n) is 8.86. The van der Waals surface area contributed by atoms with E-state index < -0.39 is 23.5 Å². The van der Waals surface area contributed by atoms with Crippen molar-refractivity contribution < 1.29 is 23.9 Å². The molecule has 10 heteroatoms. The van der Waals surface area contributed by atoms with E-state index in [4.69, 9.17) is 9.47 Å². The number of esters is 1. The van der Waals surface area contributed by atoms with Crippen LogP contribution in [0.5, 0.6) is 5.88 Å². The number of fused-ring (bicyclic) bond motifs is 1. The average molecular weight is 468 g/mol. The molecule has 2 amide bonds. The molecule has 0 aliphatic rings. The molecule has 34 heavy (non-hydrogen) atoms. The lowest BCUT2D eigenvalue weighted by molar-refractivity contribution is -0.155. The van der Waals surface area contributed by atoms with Crippen LogP contribution < -0.4 is 15.4 Å². The Kier molecular flexibility index (Phi) is 7.19. The van der Waals surface area contributed by atoms with Gasteiger partial charge in [0, 0.05) is 30.2 Å². The van der Waals surface area contributed by atoms with Crippen molar-refractivity contribution in [2.45, 2.75) is 45.8 Å². The number of aromatic nitrogens is 3. The molecule has 0 bridgehead atoms. The molecule has 0 radical (unpaired) electrons. The summed E-state index contributed by atoms with van der Waals surface area (Å²) in [6, 6.07) is 6.63. The van der Waals surface area contributed by atoms with Gasteiger partial charge >= 0.3 is 5.97 Å². The quantitative estimate of drug-likeness (QED) is 0.455. The van der Waals surface area contributed by atoms with E-state index in [0.717, 1.165) is 5.56 Å². The highest BCUT2D eigenvalue weighted by atomic mass is 16.6. The van der Waals surface area contributed by atoms with Crippen molar-refractivity contribution >= 4 is 28.7 Å². The fourth-order valence-electron chi connectivity index (χ4n) is 3.41. The standard InChI is InChI=1S/C24H29N5O5/c1-13(9-19(30)34-24(2,3)4)27-21(31)17-10-15(12-26-23(17)33-6)14-7-8-16-18(11-14)28-29-20(16)22(32)25-5/h7-8,10-13H,9H2,1-6H3,(H,25,32)(H,27,31)(H,28,29)/t13-/m1/s1. The number of methoxy groups -OCH3 is 1. The topological polar surface area (TPSA) is 135 Å². The number of pyridine rings is 1. The summed E-state index contributed by atoms with van der Waals surface area (Å²) in [5.74, 6) is -0.949. The lowest BCUT2D eigenvalue weighted by atomic mass is 10.0. The van der Waals surface area contributed by atoms with Gasteiger partial charge in [-0.25, -0.2) is 4.98 Å². The van der Waals surface area contributed by atoms with Gasteiger partial charge in [-0.3, -0.25) is 19.5 Å². The molecular formula is C24H29N5O5. The van der Waals surface area contributed by atoms with Gasteiger partial charge in [0.1, 0.15) is 11.2 Å². The number of nitrogens with zero attached hydrogens (tertiary/aromatic N) is 2. The number of hydrogen-bond donors (Lipinski definition) is 3. The molecule has 0 unspecified atom stereocenters. The molecule has 0 aliphatic heterocycles. The Labute approximate surface area is 197 Å². The van der Waals surface area contributed by atoms with Crippen LogP contribution >= 0.6 is 0 Å². The molecule has 180 valence electrons. The van der Waals surface area contributed by atoms with Crippen LogP contribution in [0.15, 0.2) is 30.5 Å². The molecule has 1 atom stereocenters. The number of hydrogen-bond acceptors (Lipinski definition) is 7. The zero-order valence-electron chi connectivity index (χ0n) is 20.1. The van der Waals surface area contributed by atoms with Crippen molar-refractivity contribution in [2.24, 2.45) is 0 Å². The Bertz CT molecular complexity index is 1230. The average Bonchev–Trinajstić information content (AvgIpc) is 3.19. The van der Waals surface area contributed by atoms with E-state index in [2.05, 4.69) is 25.8 Å². The third-order valence-electron chi connectivity index (χ3n) is 4.90. The van der Waals surface area contributed by atoms with Gasteiger partial charge in [0.2, 0.25) is 5.88 Å². The number of aromatic amines is 1. The van der Waals surface area contributed by atoms with Crippen LogP contribution in [0.1, 0.15) is 55.0 Å². The number of carbonyl (C=O) groups excluding carboxylic acids is 3. The van der Waals surface area contributed by atoms with Crippen LogP contribution in [0, 0.1) is 0 Å². The summed E-state index contributed by atoms with van der Waals surface area (Å²) in [6.45, 7) is 7.09. The number of rotatable bonds is 7. The van der Waals surface area contributed by atoms with Crippen LogP contribution in [0.2, 0.25) is 0 Å². The predicted molar refractivity (Wildman–Crippen MR) is 127 cm³/mol. The minimum Gasteiger partial charge on any atom is -0.480 e. The highest BCUT2D eigenvalue weighted by molar-refractivity contribution is 6.05. The Morgan fingerprint density at radius 3 is 2.50 bits per heavy atom. The Morgan fingerprint density at radius 2 is 1.85 bits per heavy atom. The number of benzene rings is 1. The number of ether oxygens (including phenoxy) is 2. The summed E-state index contributed by atoms with van der Waals surface area (Å²) >= 11 is 0. The van der Waals surface area contributed by atoms with Crippen molar-refractivity contribution in [3.63, 3.8) is 0 Å². The van der Waals surface area contributed by atoms with Gasteiger partial charge in [0.15, 0.2) is 5.69 Å². The molecule has 3 rings (SSSR count). The van der Waals surface area contributed by atoms with Crippen molar-refractivity contribution in [1.29, 1.82) is 0 Å². The van der Waals surface area contributed by atoms with Gasteiger partial charge in [-0.05, 0) is 51.5 Å². The van der Waals surface area contributed by atoms with E-state index in [1.54, 1.807) is 53.1 Å². The Morgan fingerprint density at radius 1 is 1.12 bits per heavy atom. The lowest BCUT2D eigenvalue weighted by Gasteiger charge is -2.21. The predicted octanol–water partition coefficient (Wildman–Crippen LogP) is 2.84. The van der Waals surface area contributed by atoms with E-state index in [1.807, 2.05) is 12.1 Å². The molecule has 0 saturated heterocycles. The van der Waals surface area contributed by atoms with Crippen LogP contribution in [-0.4, -0.2) is 58.8 Å². The van der Waals surface area contributed by atoms with Crippen LogP contribution in [0.3, 0.4) is 0 Å². The maximum absolute atomic E-state index is 13.0. The number of H-pyrrole nitrogens is 1. The first kappa shape index (κ1) is 24.7. The van der Waals surface area contributed by atoms with E-state index in [-0.39, 0.29) is 23.8 Å². The molecule has 10 nitrogen and oxygen atoms in total. The van der Waals surface area contributed by atoms with E-state index >= 15 is 0 Å². The van der Waals surface area contributed by atoms with Gasteiger partial charge in [-0.15, -0.1) is 0 Å². The van der Waals surface area contributed by atoms with Crippen molar-refractivity contribution in [3.05, 3.63) is 41.7 Å². The second kappa shape index (κ2) is 9.90. The van der Waals surface area contributed by atoms with Gasteiger partial charge in [0.05, 0.1) is 19.0 Å². The fraction of sp³-hybridized carbons (Fsp3) is 0.375. The summed E-state index contributed by atoms with van der Waals surface area (Å²) in [6.07, 6.45) is 1.62. The van der Waals surface area contributed by atoms with Gasteiger partial charge in [-0.2, -0.15) is 5.10 Å². The zero-order valence-corrected chi connectivity index (χ0v) is 20.1. The molecule has 2 aromatic heterocycles. The second-order valence-corrected chi connectivity index (χ2v) is 8.86. The highest BCUT2D eigenvalue weighted by Gasteiger charge is 2.22. The van der Waals surface area contributed by atoms with E-state index in [0.29, 0.717) is 22.2 Å². The van der Waals surface area contributed by atoms with E-state index in [1.165, 1.54) is 7.11 Å². The van der Waals surface area contributed by atoms with Crippen molar-refractivity contribution in [3.8, 4) is 17.0 Å². The number of nitrogens with one attached hydrogen (secondary N) is 3. The van der Waals surface area contributed by atoms with Crippen LogP contribution in [0.4, 0.5) is 0 Å². The first-order chi connectivity index (χ1) is 16.0. The SMILES string of the molecule is CNC(=O)c1n[nH]c2cc(-c3cnc(OC)c(C(=O)N[C@H](C)CC(=O)OC(C)(C)C)c3)ccc12. The normalized spacial score (nSPS) is 12.2. The molecule has 2 heterocycles. The van der Waals surface area contributed by atoms with Gasteiger partial charge in [0.25, 0.3) is 11.8 Å². The largest absolute Gasteiger partial charge is 0.480 e. The molecule has 3 N–H and O–H groups in total. The lowest BCUT2D eigenvalue weighted by Crippen LogP contribution is -2.36. The minimum absolute atomic E-state index is 0.0304. The van der Waals surface area contributed by atoms with Crippen LogP contribution in [-0.2, 0) is 9.53 Å². The Balaban J connectivity index is 1.83. The molecule has 1 aromatic carbocycles. The fourth-order valence-corrected chi connectivity index (χ4v) is 3.41. The maximum atomic E-state index is 13.0. The summed E-state index contributed by atoms with van der Waals surface area (Å²) in [5.41, 5.74) is 2.04. The minimum atomic E-state index is -0.598. The van der Waals surface area contributed by atoms with Gasteiger partial charge in [-0.1, -0.05) is 6.07 Å². The maximum Gasteiger partial charge on any atom is 0.308 e. The van der Waals surface area contributed by atoms with Crippen molar-refractivity contribution in [2.75, 3.05) is 14.2 Å². The third kappa shape index (κ3) is 5.69. The number of carbonyl (C=O) groups is 3. The molecular weight excluding hydrogens is 438 g/mol. The summed E-state index contributed by atoms with van der Waals surface area (Å²) in [5, 5.41) is 13.0. The molecule has 0 saturated carbocycles. The Hall–Kier alpha value is -3.95. The smallest absolute Gasteiger partial charge is 0.308 e. The zero-order chi connectivity index (χ0) is 25.0. The highest BCUT2D eigenvalue weighted by Crippen LogP contribution is 2.28. The molecule has 3 aromatic rings. The first-order valence-corrected chi connectivity index (χ1v) is 10.8. The summed E-state index contributed by atoms with van der Waals surface area (Å²) < 4.78 is 10.6. The molecule has 0 spiro atoms. The van der Waals surface area contributed by atoms with E-state index in [9.17, 15) is 14.4 Å². The van der Waals surface area contributed by atoms with Crippen molar-refractivity contribution in [1.82, 2.24) is 25.8 Å². The molecule has 0 fully saturated rings. The van der Waals surface area contributed by atoms with Crippen LogP contribution in [0.25, 0.3) is 22.0 Å². The first-order valence-electron chi connectivity index (χ1n) is 10.8. The monoisotopic (exact) mass is 467 g/mol. The van der Waals surface area contributed by atoms with Gasteiger partial charge < -0.3 is 20.1 Å². The third-order valence-corrected chi connectivity index (χ3v) is 4.90. The summed E-state index contributed by atoms with van der Waals surface area (Å²) in [4.78, 5) is 41.3. The summed E-state index contributed by atoms with van der Waals surface area (Å²) in [7, 11) is 2.97. The molecule has 0 aliphatic carbocycles.